The molecule has 3 aromatic carbocycles. The van der Waals surface area contributed by atoms with Crippen molar-refractivity contribution in [3.8, 4) is 5.75 Å². The Morgan fingerprint density at radius 1 is 1.07 bits per heavy atom. The normalized spacial score (nSPS) is 10.7. The summed E-state index contributed by atoms with van der Waals surface area (Å²) in [7, 11) is 1.28. The molecule has 0 aliphatic heterocycles. The predicted molar refractivity (Wildman–Crippen MR) is 115 cm³/mol. The van der Waals surface area contributed by atoms with Gasteiger partial charge in [0.1, 0.15) is 5.75 Å². The van der Waals surface area contributed by atoms with Crippen LogP contribution in [0.1, 0.15) is 21.5 Å². The van der Waals surface area contributed by atoms with Crippen molar-refractivity contribution < 1.29 is 24.2 Å². The highest BCUT2D eigenvalue weighted by molar-refractivity contribution is 6.39. The van der Waals surface area contributed by atoms with Crippen LogP contribution < -0.4 is 10.1 Å². The number of carbonyl (C=O) groups excluding carboxylic acids is 2. The Kier molecular flexibility index (Phi) is 7.15. The lowest BCUT2D eigenvalue weighted by Crippen LogP contribution is -2.28. The predicted octanol–water partition coefficient (Wildman–Crippen LogP) is 4.12. The largest absolute Gasteiger partial charge is 0.483 e. The molecule has 3 rings (SSSR count). The second-order valence-electron chi connectivity index (χ2n) is 6.50. The lowest BCUT2D eigenvalue weighted by atomic mass is 10.1. The number of aliphatic hydroxyl groups is 1. The quantitative estimate of drug-likeness (QED) is 0.532. The number of carbonyl (C=O) groups is 2. The molecule has 0 spiro atoms. The minimum atomic E-state index is -0.550. The number of halogens is 2. The second kappa shape index (κ2) is 9.80. The fourth-order valence-electron chi connectivity index (χ4n) is 2.97. The van der Waals surface area contributed by atoms with Crippen LogP contribution >= 0.6 is 23.2 Å². The van der Waals surface area contributed by atoms with Crippen molar-refractivity contribution in [3.05, 3.63) is 75.3 Å². The van der Waals surface area contributed by atoms with E-state index in [2.05, 4.69) is 5.32 Å². The number of rotatable bonds is 7. The standard InChI is InChI=1S/C22H19Cl2NO5/c1-29-22(28)16-6-15-7-17(23)9-18(24)21(15)19(8-16)30-12-20(27)25-10-13-3-2-4-14(5-13)11-26/h2-9,26H,10-12H2,1H3,(H,25,27). The number of aliphatic hydroxyl groups excluding tert-OH is 1. The van der Waals surface area contributed by atoms with Gasteiger partial charge in [0.05, 0.1) is 24.3 Å². The molecule has 0 aromatic heterocycles. The minimum absolute atomic E-state index is 0.0702. The van der Waals surface area contributed by atoms with Gasteiger partial charge in [-0.15, -0.1) is 0 Å². The van der Waals surface area contributed by atoms with Crippen LogP contribution in [0.5, 0.6) is 5.75 Å². The van der Waals surface area contributed by atoms with Gasteiger partial charge in [0.2, 0.25) is 0 Å². The van der Waals surface area contributed by atoms with E-state index >= 15 is 0 Å². The smallest absolute Gasteiger partial charge is 0.338 e. The first kappa shape index (κ1) is 21.9. The third-order valence-corrected chi connectivity index (χ3v) is 4.89. The molecule has 0 aliphatic carbocycles. The van der Waals surface area contributed by atoms with Crippen LogP contribution in [0.4, 0.5) is 0 Å². The highest BCUT2D eigenvalue weighted by Gasteiger charge is 2.16. The van der Waals surface area contributed by atoms with Gasteiger partial charge in [-0.2, -0.15) is 0 Å². The zero-order chi connectivity index (χ0) is 21.7. The number of benzene rings is 3. The number of nitrogens with one attached hydrogen (secondary N) is 1. The van der Waals surface area contributed by atoms with Gasteiger partial charge in [-0.05, 0) is 40.8 Å². The van der Waals surface area contributed by atoms with E-state index in [9.17, 15) is 14.7 Å². The molecule has 6 nitrogen and oxygen atoms in total. The fourth-order valence-corrected chi connectivity index (χ4v) is 3.57. The van der Waals surface area contributed by atoms with Gasteiger partial charge in [-0.1, -0.05) is 47.5 Å². The van der Waals surface area contributed by atoms with Crippen molar-refractivity contribution in [1.29, 1.82) is 0 Å². The third kappa shape index (κ3) is 5.21. The lowest BCUT2D eigenvalue weighted by molar-refractivity contribution is -0.123. The highest BCUT2D eigenvalue weighted by atomic mass is 35.5. The van der Waals surface area contributed by atoms with Gasteiger partial charge in [0.25, 0.3) is 5.91 Å². The molecule has 30 heavy (non-hydrogen) atoms. The summed E-state index contributed by atoms with van der Waals surface area (Å²) < 4.78 is 10.5. The van der Waals surface area contributed by atoms with Crippen LogP contribution in [-0.4, -0.2) is 30.7 Å². The molecule has 3 aromatic rings. The number of amides is 1. The number of hydrogen-bond donors (Lipinski definition) is 2. The van der Waals surface area contributed by atoms with E-state index in [1.807, 2.05) is 6.07 Å². The first-order valence-corrected chi connectivity index (χ1v) is 9.76. The number of esters is 1. The van der Waals surface area contributed by atoms with Gasteiger partial charge in [-0.3, -0.25) is 4.79 Å². The molecule has 0 saturated carbocycles. The van der Waals surface area contributed by atoms with E-state index < -0.39 is 5.97 Å². The van der Waals surface area contributed by atoms with Crippen molar-refractivity contribution in [1.82, 2.24) is 5.32 Å². The maximum absolute atomic E-state index is 12.3. The van der Waals surface area contributed by atoms with Gasteiger partial charge < -0.3 is 19.9 Å². The number of fused-ring (bicyclic) bond motifs is 1. The zero-order valence-corrected chi connectivity index (χ0v) is 17.6. The Hall–Kier alpha value is -2.80. The van der Waals surface area contributed by atoms with E-state index in [0.29, 0.717) is 20.8 Å². The number of ether oxygens (including phenoxy) is 2. The molecular formula is C22H19Cl2NO5. The van der Waals surface area contributed by atoms with E-state index in [-0.39, 0.29) is 37.0 Å². The molecule has 2 N–H and O–H groups in total. The van der Waals surface area contributed by atoms with Crippen LogP contribution in [0.2, 0.25) is 10.0 Å². The van der Waals surface area contributed by atoms with Gasteiger partial charge in [0, 0.05) is 17.0 Å². The molecule has 8 heteroatoms. The van der Waals surface area contributed by atoms with E-state index in [1.165, 1.54) is 13.2 Å². The summed E-state index contributed by atoms with van der Waals surface area (Å²) in [4.78, 5) is 24.3. The summed E-state index contributed by atoms with van der Waals surface area (Å²) in [6.45, 7) is -0.0625. The van der Waals surface area contributed by atoms with Crippen molar-refractivity contribution in [2.75, 3.05) is 13.7 Å². The maximum atomic E-state index is 12.3. The van der Waals surface area contributed by atoms with E-state index in [0.717, 1.165) is 11.1 Å². The SMILES string of the molecule is COC(=O)c1cc(OCC(=O)NCc2cccc(CO)c2)c2c(Cl)cc(Cl)cc2c1. The summed E-state index contributed by atoms with van der Waals surface area (Å²) in [5.41, 5.74) is 1.86. The molecule has 0 unspecified atom stereocenters. The van der Waals surface area contributed by atoms with Crippen LogP contribution in [0.25, 0.3) is 10.8 Å². The summed E-state index contributed by atoms with van der Waals surface area (Å²) in [6, 6.07) is 13.5. The molecule has 1 amide bonds. The van der Waals surface area contributed by atoms with Gasteiger partial charge >= 0.3 is 5.97 Å². The molecule has 0 fully saturated rings. The molecule has 0 bridgehead atoms. The number of hydrogen-bond acceptors (Lipinski definition) is 5. The third-order valence-electron chi connectivity index (χ3n) is 4.37. The van der Waals surface area contributed by atoms with Crippen LogP contribution in [-0.2, 0) is 22.7 Å². The fraction of sp³-hybridized carbons (Fsp3) is 0.182. The average molecular weight is 448 g/mol. The van der Waals surface area contributed by atoms with Gasteiger partial charge in [-0.25, -0.2) is 4.79 Å². The second-order valence-corrected chi connectivity index (χ2v) is 7.34. The molecule has 0 atom stereocenters. The number of methoxy groups -OCH3 is 1. The summed E-state index contributed by atoms with van der Waals surface area (Å²) in [5, 5.41) is 13.8. The summed E-state index contributed by atoms with van der Waals surface area (Å²) >= 11 is 12.4. The van der Waals surface area contributed by atoms with Crippen molar-refractivity contribution in [2.45, 2.75) is 13.2 Å². The summed E-state index contributed by atoms with van der Waals surface area (Å²) in [6.07, 6.45) is 0. The van der Waals surface area contributed by atoms with Gasteiger partial charge in [0.15, 0.2) is 6.61 Å². The minimum Gasteiger partial charge on any atom is -0.483 e. The monoisotopic (exact) mass is 447 g/mol. The Bertz CT molecular complexity index is 1100. The maximum Gasteiger partial charge on any atom is 0.338 e. The van der Waals surface area contributed by atoms with Crippen molar-refractivity contribution in [2.24, 2.45) is 0 Å². The van der Waals surface area contributed by atoms with Crippen LogP contribution in [0, 0.1) is 0 Å². The van der Waals surface area contributed by atoms with Crippen molar-refractivity contribution >= 4 is 45.9 Å². The lowest BCUT2D eigenvalue weighted by Gasteiger charge is -2.13. The Labute approximate surface area is 183 Å². The zero-order valence-electron chi connectivity index (χ0n) is 16.1. The average Bonchev–Trinajstić information content (AvgIpc) is 2.74. The first-order valence-electron chi connectivity index (χ1n) is 9.00. The van der Waals surface area contributed by atoms with E-state index in [4.69, 9.17) is 32.7 Å². The Balaban J connectivity index is 1.77. The highest BCUT2D eigenvalue weighted by Crippen LogP contribution is 2.36. The molecule has 156 valence electrons. The first-order chi connectivity index (χ1) is 14.4. The molecule has 0 heterocycles. The van der Waals surface area contributed by atoms with Crippen LogP contribution in [0.3, 0.4) is 0 Å². The molecule has 0 radical (unpaired) electrons. The topological polar surface area (TPSA) is 84.9 Å². The molecule has 0 aliphatic rings. The Morgan fingerprint density at radius 2 is 1.83 bits per heavy atom. The Morgan fingerprint density at radius 3 is 2.57 bits per heavy atom. The molecular weight excluding hydrogens is 429 g/mol. The van der Waals surface area contributed by atoms with E-state index in [1.54, 1.807) is 36.4 Å². The molecule has 0 saturated heterocycles. The summed E-state index contributed by atoms with van der Waals surface area (Å²) in [5.74, 6) is -0.635. The van der Waals surface area contributed by atoms with Crippen LogP contribution in [0.15, 0.2) is 48.5 Å². The van der Waals surface area contributed by atoms with Crippen molar-refractivity contribution in [3.63, 3.8) is 0 Å².